The summed E-state index contributed by atoms with van der Waals surface area (Å²) in [7, 11) is 0. The summed E-state index contributed by atoms with van der Waals surface area (Å²) in [4.78, 5) is 12.4. The minimum atomic E-state index is 0.294. The molecule has 3 aromatic rings. The first-order valence-corrected chi connectivity index (χ1v) is 6.48. The molecule has 6 nitrogen and oxygen atoms in total. The van der Waals surface area contributed by atoms with Crippen LogP contribution in [0.5, 0.6) is 0 Å². The smallest absolute Gasteiger partial charge is 0.314 e. The van der Waals surface area contributed by atoms with Crippen LogP contribution in [-0.4, -0.2) is 24.7 Å². The minimum absolute atomic E-state index is 0.294. The van der Waals surface area contributed by atoms with E-state index in [0.29, 0.717) is 33.3 Å². The van der Waals surface area contributed by atoms with Gasteiger partial charge in [-0.3, -0.25) is 4.57 Å². The first-order valence-electron chi connectivity index (χ1n) is 5.72. The number of aromatic nitrogens is 5. The zero-order chi connectivity index (χ0) is 14.3. The summed E-state index contributed by atoms with van der Waals surface area (Å²) in [5, 5.41) is 4.75. The van der Waals surface area contributed by atoms with Crippen molar-refractivity contribution in [3.05, 3.63) is 40.2 Å². The van der Waals surface area contributed by atoms with Crippen molar-refractivity contribution < 1.29 is 4.52 Å². The number of imidazole rings is 1. The third-order valence-corrected chi connectivity index (χ3v) is 3.69. The number of hydrogen-bond donors (Lipinski definition) is 0. The van der Waals surface area contributed by atoms with Gasteiger partial charge in [-0.05, 0) is 19.4 Å². The van der Waals surface area contributed by atoms with Crippen molar-refractivity contribution in [3.8, 4) is 17.4 Å². The predicted molar refractivity (Wildman–Crippen MR) is 74.1 cm³/mol. The molecule has 0 aromatic carbocycles. The second-order valence-electron chi connectivity index (χ2n) is 4.17. The van der Waals surface area contributed by atoms with Crippen molar-refractivity contribution in [2.45, 2.75) is 13.8 Å². The van der Waals surface area contributed by atoms with Crippen molar-refractivity contribution >= 4 is 23.2 Å². The van der Waals surface area contributed by atoms with Crippen LogP contribution in [0.1, 0.15) is 11.3 Å². The van der Waals surface area contributed by atoms with Gasteiger partial charge in [0.25, 0.3) is 0 Å². The third-order valence-electron chi connectivity index (χ3n) is 2.86. The molecule has 0 aliphatic heterocycles. The third kappa shape index (κ3) is 2.07. The van der Waals surface area contributed by atoms with Crippen LogP contribution in [0.2, 0.25) is 10.2 Å². The largest absolute Gasteiger partial charge is 0.333 e. The first-order chi connectivity index (χ1) is 9.58. The van der Waals surface area contributed by atoms with Crippen molar-refractivity contribution in [3.63, 3.8) is 0 Å². The standard InChI is InChI=1S/C12H9Cl2N5O/c1-6-8(10(14)16-7(2)9(6)13)11-17-12(20-18-11)19-4-3-15-5-19/h3-5H,1-2H3. The van der Waals surface area contributed by atoms with Gasteiger partial charge < -0.3 is 4.52 Å². The van der Waals surface area contributed by atoms with Crippen LogP contribution in [0.4, 0.5) is 0 Å². The number of nitrogens with zero attached hydrogens (tertiary/aromatic N) is 5. The average molecular weight is 310 g/mol. The maximum absolute atomic E-state index is 6.19. The van der Waals surface area contributed by atoms with Crippen molar-refractivity contribution in [1.29, 1.82) is 0 Å². The van der Waals surface area contributed by atoms with Crippen LogP contribution >= 0.6 is 23.2 Å². The molecule has 0 aliphatic rings. The zero-order valence-corrected chi connectivity index (χ0v) is 12.1. The summed E-state index contributed by atoms with van der Waals surface area (Å²) in [6.07, 6.45) is 4.88. The lowest BCUT2D eigenvalue weighted by molar-refractivity contribution is 0.403. The Morgan fingerprint density at radius 1 is 1.20 bits per heavy atom. The molecule has 0 saturated heterocycles. The Morgan fingerprint density at radius 2 is 2.00 bits per heavy atom. The van der Waals surface area contributed by atoms with Gasteiger partial charge in [-0.15, -0.1) is 0 Å². The second kappa shape index (κ2) is 4.88. The average Bonchev–Trinajstić information content (AvgIpc) is 3.06. The van der Waals surface area contributed by atoms with Gasteiger partial charge in [-0.2, -0.15) is 4.98 Å². The van der Waals surface area contributed by atoms with Gasteiger partial charge in [0.2, 0.25) is 5.82 Å². The lowest BCUT2D eigenvalue weighted by Crippen LogP contribution is -1.96. The molecule has 8 heteroatoms. The lowest BCUT2D eigenvalue weighted by atomic mass is 10.1. The molecular formula is C12H9Cl2N5O. The number of aryl methyl sites for hydroxylation is 1. The molecule has 0 saturated carbocycles. The summed E-state index contributed by atoms with van der Waals surface area (Å²) < 4.78 is 6.78. The van der Waals surface area contributed by atoms with E-state index in [1.165, 1.54) is 0 Å². The van der Waals surface area contributed by atoms with Crippen LogP contribution in [0, 0.1) is 13.8 Å². The van der Waals surface area contributed by atoms with Gasteiger partial charge >= 0.3 is 6.01 Å². The van der Waals surface area contributed by atoms with Crippen LogP contribution in [0.3, 0.4) is 0 Å². The second-order valence-corrected chi connectivity index (χ2v) is 4.91. The molecule has 20 heavy (non-hydrogen) atoms. The molecule has 3 rings (SSSR count). The van der Waals surface area contributed by atoms with E-state index >= 15 is 0 Å². The number of rotatable bonds is 2. The zero-order valence-electron chi connectivity index (χ0n) is 10.6. The topological polar surface area (TPSA) is 69.6 Å². The Balaban J connectivity index is 2.13. The molecule has 102 valence electrons. The first kappa shape index (κ1) is 13.1. The Bertz CT molecular complexity index is 767. The van der Waals surface area contributed by atoms with Crippen molar-refractivity contribution in [2.24, 2.45) is 0 Å². The van der Waals surface area contributed by atoms with Crippen LogP contribution < -0.4 is 0 Å². The summed E-state index contributed by atoms with van der Waals surface area (Å²) in [5.41, 5.74) is 2.00. The molecule has 0 spiro atoms. The number of hydrogen-bond acceptors (Lipinski definition) is 5. The SMILES string of the molecule is Cc1nc(Cl)c(-c2noc(-n3ccnc3)n2)c(C)c1Cl. The number of pyridine rings is 1. The van der Waals surface area contributed by atoms with Crippen LogP contribution in [0.25, 0.3) is 17.4 Å². The maximum Gasteiger partial charge on any atom is 0.333 e. The van der Waals surface area contributed by atoms with Gasteiger partial charge in [0, 0.05) is 12.4 Å². The van der Waals surface area contributed by atoms with E-state index in [2.05, 4.69) is 20.1 Å². The highest BCUT2D eigenvalue weighted by Crippen LogP contribution is 2.33. The molecule has 0 bridgehead atoms. The molecule has 0 atom stereocenters. The molecule has 0 radical (unpaired) electrons. The molecule has 0 aliphatic carbocycles. The lowest BCUT2D eigenvalue weighted by Gasteiger charge is -2.07. The van der Waals surface area contributed by atoms with E-state index in [9.17, 15) is 0 Å². The van der Waals surface area contributed by atoms with E-state index in [1.54, 1.807) is 30.2 Å². The van der Waals surface area contributed by atoms with Gasteiger partial charge in [-0.1, -0.05) is 28.4 Å². The number of halogens is 2. The summed E-state index contributed by atoms with van der Waals surface area (Å²) in [6, 6.07) is 0.296. The van der Waals surface area contributed by atoms with Gasteiger partial charge in [0.1, 0.15) is 11.5 Å². The molecule has 3 aromatic heterocycles. The molecule has 0 amide bonds. The molecule has 0 N–H and O–H groups in total. The maximum atomic E-state index is 6.19. The normalized spacial score (nSPS) is 11.0. The fraction of sp³-hybridized carbons (Fsp3) is 0.167. The van der Waals surface area contributed by atoms with E-state index < -0.39 is 0 Å². The quantitative estimate of drug-likeness (QED) is 0.680. The minimum Gasteiger partial charge on any atom is -0.314 e. The molecule has 3 heterocycles. The Morgan fingerprint density at radius 3 is 2.70 bits per heavy atom. The molecule has 0 fully saturated rings. The highest BCUT2D eigenvalue weighted by atomic mass is 35.5. The highest BCUT2D eigenvalue weighted by molar-refractivity contribution is 6.35. The van der Waals surface area contributed by atoms with Crippen LogP contribution in [0.15, 0.2) is 23.2 Å². The summed E-state index contributed by atoms with van der Waals surface area (Å²) >= 11 is 12.4. The van der Waals surface area contributed by atoms with E-state index in [0.717, 1.165) is 5.56 Å². The Kier molecular flexibility index (Phi) is 3.19. The fourth-order valence-electron chi connectivity index (χ4n) is 1.84. The predicted octanol–water partition coefficient (Wildman–Crippen LogP) is 3.24. The van der Waals surface area contributed by atoms with Crippen molar-refractivity contribution in [1.82, 2.24) is 24.7 Å². The monoisotopic (exact) mass is 309 g/mol. The van der Waals surface area contributed by atoms with E-state index in [1.807, 2.05) is 6.92 Å². The Hall–Kier alpha value is -1.92. The van der Waals surface area contributed by atoms with Gasteiger partial charge in [0.05, 0.1) is 16.3 Å². The van der Waals surface area contributed by atoms with E-state index in [-0.39, 0.29) is 0 Å². The summed E-state index contributed by atoms with van der Waals surface area (Å²) in [6.45, 7) is 3.63. The van der Waals surface area contributed by atoms with Crippen molar-refractivity contribution in [2.75, 3.05) is 0 Å². The summed E-state index contributed by atoms with van der Waals surface area (Å²) in [5.74, 6) is 0.339. The Labute approximate surface area is 124 Å². The molecule has 0 unspecified atom stereocenters. The highest BCUT2D eigenvalue weighted by Gasteiger charge is 2.19. The fourth-order valence-corrected chi connectivity index (χ4v) is 2.33. The van der Waals surface area contributed by atoms with Gasteiger partial charge in [-0.25, -0.2) is 9.97 Å². The van der Waals surface area contributed by atoms with E-state index in [4.69, 9.17) is 27.7 Å². The molecular weight excluding hydrogens is 301 g/mol. The van der Waals surface area contributed by atoms with Gasteiger partial charge in [0.15, 0.2) is 0 Å². The van der Waals surface area contributed by atoms with Crippen LogP contribution in [-0.2, 0) is 0 Å².